The minimum atomic E-state index is -1.50. The molecule has 158 valence electrons. The van der Waals surface area contributed by atoms with Gasteiger partial charge in [-0.2, -0.15) is 5.10 Å². The molecule has 0 aliphatic carbocycles. The molecule has 31 heavy (non-hydrogen) atoms. The third-order valence-corrected chi connectivity index (χ3v) is 5.74. The minimum Gasteiger partial charge on any atom is -0.336 e. The highest BCUT2D eigenvalue weighted by molar-refractivity contribution is 6.05. The van der Waals surface area contributed by atoms with Crippen LogP contribution in [0.5, 0.6) is 0 Å². The van der Waals surface area contributed by atoms with Gasteiger partial charge < -0.3 is 9.47 Å². The van der Waals surface area contributed by atoms with Crippen molar-refractivity contribution in [3.63, 3.8) is 0 Å². The van der Waals surface area contributed by atoms with Crippen molar-refractivity contribution in [1.29, 1.82) is 0 Å². The van der Waals surface area contributed by atoms with Crippen molar-refractivity contribution in [2.24, 2.45) is 14.1 Å². The van der Waals surface area contributed by atoms with E-state index in [9.17, 15) is 18.0 Å². The number of nitrogens with zero attached hydrogens (tertiary/aromatic N) is 5. The summed E-state index contributed by atoms with van der Waals surface area (Å²) in [6, 6.07) is 5.50. The van der Waals surface area contributed by atoms with Crippen molar-refractivity contribution in [2.45, 2.75) is 13.0 Å². The van der Waals surface area contributed by atoms with Gasteiger partial charge in [0.25, 0.3) is 5.91 Å². The van der Waals surface area contributed by atoms with Crippen LogP contribution in [0.4, 0.5) is 13.2 Å². The Morgan fingerprint density at radius 3 is 2.58 bits per heavy atom. The van der Waals surface area contributed by atoms with Crippen LogP contribution < -0.4 is 0 Å². The van der Waals surface area contributed by atoms with Crippen molar-refractivity contribution in [1.82, 2.24) is 24.2 Å². The van der Waals surface area contributed by atoms with Gasteiger partial charge in [0.2, 0.25) is 0 Å². The van der Waals surface area contributed by atoms with E-state index in [0.29, 0.717) is 29.9 Å². The average Bonchev–Trinajstić information content (AvgIpc) is 3.29. The highest BCUT2D eigenvalue weighted by Gasteiger charge is 2.29. The number of aryl methyl sites for hydroxylation is 2. The Hall–Kier alpha value is -3.62. The first kappa shape index (κ1) is 19.3. The maximum absolute atomic E-state index is 13.8. The molecule has 0 fully saturated rings. The van der Waals surface area contributed by atoms with Gasteiger partial charge in [-0.15, -0.1) is 0 Å². The molecule has 9 heteroatoms. The summed E-state index contributed by atoms with van der Waals surface area (Å²) >= 11 is 0. The lowest BCUT2D eigenvalue weighted by Crippen LogP contribution is -2.36. The van der Waals surface area contributed by atoms with Crippen molar-refractivity contribution in [3.05, 3.63) is 70.9 Å². The Kier molecular flexibility index (Phi) is 4.35. The lowest BCUT2D eigenvalue weighted by Gasteiger charge is -2.27. The van der Waals surface area contributed by atoms with Crippen LogP contribution in [0.2, 0.25) is 0 Å². The molecule has 4 aromatic rings. The molecule has 0 saturated carbocycles. The monoisotopic (exact) mass is 425 g/mol. The van der Waals surface area contributed by atoms with Crippen molar-refractivity contribution < 1.29 is 18.0 Å². The largest absolute Gasteiger partial charge is 0.336 e. The smallest absolute Gasteiger partial charge is 0.255 e. The number of carbonyl (C=O) groups excluding carboxylic acids is 1. The second-order valence-electron chi connectivity index (χ2n) is 7.65. The zero-order valence-corrected chi connectivity index (χ0v) is 16.9. The molecule has 1 aliphatic rings. The number of amides is 1. The van der Waals surface area contributed by atoms with Gasteiger partial charge in [-0.3, -0.25) is 9.48 Å². The first-order valence-corrected chi connectivity index (χ1v) is 9.74. The zero-order valence-electron chi connectivity index (χ0n) is 16.9. The number of aromatic nitrogens is 4. The van der Waals surface area contributed by atoms with Crippen LogP contribution in [0.15, 0.2) is 36.7 Å². The van der Waals surface area contributed by atoms with E-state index in [2.05, 4.69) is 10.1 Å². The molecule has 0 spiro atoms. The molecule has 0 N–H and O–H groups in total. The fourth-order valence-electron chi connectivity index (χ4n) is 4.27. The summed E-state index contributed by atoms with van der Waals surface area (Å²) in [5, 5.41) is 5.25. The van der Waals surface area contributed by atoms with Crippen LogP contribution in [-0.4, -0.2) is 36.7 Å². The van der Waals surface area contributed by atoms with Crippen LogP contribution in [0.1, 0.15) is 21.6 Å². The Morgan fingerprint density at radius 2 is 1.84 bits per heavy atom. The predicted molar refractivity (Wildman–Crippen MR) is 108 cm³/mol. The Labute approximate surface area is 175 Å². The summed E-state index contributed by atoms with van der Waals surface area (Å²) in [6.45, 7) is 0.693. The third kappa shape index (κ3) is 2.99. The lowest BCUT2D eigenvalue weighted by molar-refractivity contribution is 0.0734. The molecular formula is C22H18F3N5O. The molecule has 0 atom stereocenters. The van der Waals surface area contributed by atoms with Crippen molar-refractivity contribution >= 4 is 16.9 Å². The van der Waals surface area contributed by atoms with E-state index >= 15 is 0 Å². The summed E-state index contributed by atoms with van der Waals surface area (Å²) in [4.78, 5) is 19.3. The SMILES string of the molecule is Cn1nc2c(c1-c1cc(F)c(F)c(F)c1)CCN(C(=O)c1ccnc3c1ccn3C)C2. The molecule has 6 nitrogen and oxygen atoms in total. The summed E-state index contributed by atoms with van der Waals surface area (Å²) < 4.78 is 44.3. The fraction of sp³-hybridized carbons (Fsp3) is 0.227. The zero-order chi connectivity index (χ0) is 21.9. The Bertz CT molecular complexity index is 1330. The van der Waals surface area contributed by atoms with Gasteiger partial charge in [0, 0.05) is 49.5 Å². The van der Waals surface area contributed by atoms with E-state index in [1.807, 2.05) is 23.9 Å². The summed E-state index contributed by atoms with van der Waals surface area (Å²) in [5.41, 5.74) is 3.48. The maximum Gasteiger partial charge on any atom is 0.255 e. The Morgan fingerprint density at radius 1 is 1.10 bits per heavy atom. The van der Waals surface area contributed by atoms with E-state index in [4.69, 9.17) is 0 Å². The number of benzene rings is 1. The average molecular weight is 425 g/mol. The third-order valence-electron chi connectivity index (χ3n) is 5.74. The fourth-order valence-corrected chi connectivity index (χ4v) is 4.27. The maximum atomic E-state index is 13.8. The van der Waals surface area contributed by atoms with Gasteiger partial charge in [0.1, 0.15) is 5.65 Å². The molecule has 0 saturated heterocycles. The van der Waals surface area contributed by atoms with Crippen LogP contribution in [0.25, 0.3) is 22.3 Å². The minimum absolute atomic E-state index is 0.129. The molecule has 1 aromatic carbocycles. The van der Waals surface area contributed by atoms with Crippen molar-refractivity contribution in [3.8, 4) is 11.3 Å². The second-order valence-corrected chi connectivity index (χ2v) is 7.65. The van der Waals surface area contributed by atoms with Crippen molar-refractivity contribution in [2.75, 3.05) is 6.54 Å². The van der Waals surface area contributed by atoms with Crippen LogP contribution in [-0.2, 0) is 27.1 Å². The molecule has 1 amide bonds. The van der Waals surface area contributed by atoms with Gasteiger partial charge in [-0.1, -0.05) is 0 Å². The standard InChI is InChI=1S/C22H18F3N5O/c1-28-7-4-13-14(3-6-26-21(13)28)22(31)30-8-5-15-18(11-30)27-29(2)20(15)12-9-16(23)19(25)17(24)10-12/h3-4,6-7,9-10H,5,8,11H2,1-2H3. The number of hydrogen-bond donors (Lipinski definition) is 0. The highest BCUT2D eigenvalue weighted by atomic mass is 19.2. The van der Waals surface area contributed by atoms with E-state index in [-0.39, 0.29) is 18.0 Å². The molecule has 5 rings (SSSR count). The quantitative estimate of drug-likeness (QED) is 0.462. The molecule has 1 aliphatic heterocycles. The normalized spacial score (nSPS) is 13.6. The second kappa shape index (κ2) is 6.97. The number of hydrogen-bond acceptors (Lipinski definition) is 3. The van der Waals surface area contributed by atoms with Gasteiger partial charge in [0.05, 0.1) is 23.5 Å². The van der Waals surface area contributed by atoms with Gasteiger partial charge in [-0.05, 0) is 30.7 Å². The number of pyridine rings is 1. The van der Waals surface area contributed by atoms with Crippen LogP contribution in [0.3, 0.4) is 0 Å². The summed E-state index contributed by atoms with van der Waals surface area (Å²) in [5.74, 6) is -4.12. The molecule has 4 heterocycles. The van der Waals surface area contributed by atoms with Crippen LogP contribution >= 0.6 is 0 Å². The highest BCUT2D eigenvalue weighted by Crippen LogP contribution is 2.32. The van der Waals surface area contributed by atoms with Gasteiger partial charge in [0.15, 0.2) is 17.5 Å². The predicted octanol–water partition coefficient (Wildman–Crippen LogP) is 3.59. The number of carbonyl (C=O) groups is 1. The van der Waals surface area contributed by atoms with Gasteiger partial charge >= 0.3 is 0 Å². The lowest BCUT2D eigenvalue weighted by atomic mass is 9.99. The first-order chi connectivity index (χ1) is 14.8. The molecule has 0 radical (unpaired) electrons. The van der Waals surface area contributed by atoms with E-state index in [1.165, 1.54) is 4.68 Å². The molecular weight excluding hydrogens is 407 g/mol. The topological polar surface area (TPSA) is 56.0 Å². The first-order valence-electron chi connectivity index (χ1n) is 9.74. The summed E-state index contributed by atoms with van der Waals surface area (Å²) in [7, 11) is 3.53. The summed E-state index contributed by atoms with van der Waals surface area (Å²) in [6.07, 6.45) is 3.93. The molecule has 3 aromatic heterocycles. The molecule has 0 bridgehead atoms. The van der Waals surface area contributed by atoms with Gasteiger partial charge in [-0.25, -0.2) is 18.2 Å². The van der Waals surface area contributed by atoms with E-state index in [1.54, 1.807) is 24.2 Å². The Balaban J connectivity index is 1.49. The van der Waals surface area contributed by atoms with Crippen LogP contribution in [0, 0.1) is 17.5 Å². The molecule has 0 unspecified atom stereocenters. The number of halogens is 3. The van der Waals surface area contributed by atoms with E-state index in [0.717, 1.165) is 28.7 Å². The van der Waals surface area contributed by atoms with E-state index < -0.39 is 17.5 Å². The number of rotatable bonds is 2. The number of fused-ring (bicyclic) bond motifs is 2.